The van der Waals surface area contributed by atoms with E-state index in [9.17, 15) is 9.90 Å². The highest BCUT2D eigenvalue weighted by Crippen LogP contribution is 2.23. The predicted molar refractivity (Wildman–Crippen MR) is 65.8 cm³/mol. The van der Waals surface area contributed by atoms with E-state index in [0.717, 1.165) is 5.52 Å². The maximum absolute atomic E-state index is 11.2. The zero-order valence-corrected chi connectivity index (χ0v) is 9.32. The molecule has 5 nitrogen and oxygen atoms in total. The fourth-order valence-corrected chi connectivity index (χ4v) is 1.96. The number of benzene rings is 1. The van der Waals surface area contributed by atoms with Crippen LogP contribution in [0.15, 0.2) is 49.1 Å². The van der Waals surface area contributed by atoms with Crippen LogP contribution in [0.25, 0.3) is 16.7 Å². The number of aromatic nitrogens is 3. The Morgan fingerprint density at radius 1 is 1.22 bits per heavy atom. The molecule has 1 aromatic carbocycles. The van der Waals surface area contributed by atoms with Crippen molar-refractivity contribution in [1.82, 2.24) is 14.5 Å². The summed E-state index contributed by atoms with van der Waals surface area (Å²) in [7, 11) is 0. The zero-order chi connectivity index (χ0) is 12.5. The van der Waals surface area contributed by atoms with Gasteiger partial charge in [0.15, 0.2) is 5.82 Å². The second-order valence-electron chi connectivity index (χ2n) is 3.80. The normalized spacial score (nSPS) is 10.7. The number of hydrogen-bond acceptors (Lipinski definition) is 3. The van der Waals surface area contributed by atoms with Gasteiger partial charge in [-0.25, -0.2) is 9.78 Å². The largest absolute Gasteiger partial charge is 0.478 e. The Balaban J connectivity index is 2.34. The van der Waals surface area contributed by atoms with E-state index in [4.69, 9.17) is 0 Å². The van der Waals surface area contributed by atoms with Gasteiger partial charge in [0.1, 0.15) is 0 Å². The Kier molecular flexibility index (Phi) is 2.30. The van der Waals surface area contributed by atoms with Crippen LogP contribution in [-0.2, 0) is 0 Å². The molecule has 0 unspecified atom stereocenters. The molecule has 0 aliphatic rings. The average molecular weight is 239 g/mol. The maximum Gasteiger partial charge on any atom is 0.337 e. The van der Waals surface area contributed by atoms with Gasteiger partial charge in [-0.15, -0.1) is 0 Å². The molecule has 0 saturated heterocycles. The van der Waals surface area contributed by atoms with Crippen molar-refractivity contribution in [3.05, 3.63) is 54.6 Å². The SMILES string of the molecule is O=C(O)c1cn(-c2cnccn2)c2ccccc12. The van der Waals surface area contributed by atoms with Gasteiger partial charge in [0.25, 0.3) is 0 Å². The lowest BCUT2D eigenvalue weighted by molar-refractivity contribution is 0.0699. The minimum absolute atomic E-state index is 0.260. The Labute approximate surface area is 102 Å². The van der Waals surface area contributed by atoms with E-state index in [2.05, 4.69) is 9.97 Å². The molecule has 0 radical (unpaired) electrons. The van der Waals surface area contributed by atoms with Crippen molar-refractivity contribution >= 4 is 16.9 Å². The van der Waals surface area contributed by atoms with Crippen LogP contribution in [0, 0.1) is 0 Å². The van der Waals surface area contributed by atoms with E-state index in [-0.39, 0.29) is 5.56 Å². The van der Waals surface area contributed by atoms with Crippen LogP contribution in [0.2, 0.25) is 0 Å². The lowest BCUT2D eigenvalue weighted by Gasteiger charge is -2.02. The fourth-order valence-electron chi connectivity index (χ4n) is 1.96. The molecule has 2 aromatic heterocycles. The summed E-state index contributed by atoms with van der Waals surface area (Å²) in [6, 6.07) is 7.32. The number of fused-ring (bicyclic) bond motifs is 1. The van der Waals surface area contributed by atoms with Gasteiger partial charge in [-0.05, 0) is 6.07 Å². The van der Waals surface area contributed by atoms with Gasteiger partial charge in [-0.3, -0.25) is 9.55 Å². The molecule has 5 heteroatoms. The van der Waals surface area contributed by atoms with Gasteiger partial charge in [-0.1, -0.05) is 18.2 Å². The number of carboxylic acids is 1. The van der Waals surface area contributed by atoms with Crippen LogP contribution in [0.1, 0.15) is 10.4 Å². The first-order valence-electron chi connectivity index (χ1n) is 5.37. The van der Waals surface area contributed by atoms with Crippen molar-refractivity contribution in [2.45, 2.75) is 0 Å². The number of rotatable bonds is 2. The first-order chi connectivity index (χ1) is 8.77. The molecule has 0 bridgehead atoms. The summed E-state index contributed by atoms with van der Waals surface area (Å²) in [5.74, 6) is -0.352. The van der Waals surface area contributed by atoms with Gasteiger partial charge in [0.05, 0.1) is 17.3 Å². The molecular formula is C13H9N3O2. The Bertz CT molecular complexity index is 719. The lowest BCUT2D eigenvalue weighted by atomic mass is 10.2. The molecule has 0 spiro atoms. The molecule has 2 heterocycles. The summed E-state index contributed by atoms with van der Waals surface area (Å²) in [5, 5.41) is 9.88. The van der Waals surface area contributed by atoms with Crippen LogP contribution in [0.3, 0.4) is 0 Å². The third kappa shape index (κ3) is 1.53. The Morgan fingerprint density at radius 2 is 2.06 bits per heavy atom. The van der Waals surface area contributed by atoms with Crippen molar-refractivity contribution in [2.75, 3.05) is 0 Å². The van der Waals surface area contributed by atoms with Gasteiger partial charge in [-0.2, -0.15) is 0 Å². The number of carbonyl (C=O) groups is 1. The van der Waals surface area contributed by atoms with Crippen LogP contribution in [0.4, 0.5) is 0 Å². The number of nitrogens with zero attached hydrogens (tertiary/aromatic N) is 3. The van der Waals surface area contributed by atoms with Gasteiger partial charge >= 0.3 is 5.97 Å². The topological polar surface area (TPSA) is 68.0 Å². The molecule has 0 amide bonds. The Hall–Kier alpha value is -2.69. The minimum atomic E-state index is -0.950. The van der Waals surface area contributed by atoms with Crippen LogP contribution in [-0.4, -0.2) is 25.6 Å². The molecule has 88 valence electrons. The molecule has 1 N–H and O–H groups in total. The molecule has 3 rings (SSSR count). The van der Waals surface area contributed by atoms with E-state index in [1.807, 2.05) is 18.2 Å². The number of carboxylic acid groups (broad SMARTS) is 1. The second-order valence-corrected chi connectivity index (χ2v) is 3.80. The van der Waals surface area contributed by atoms with E-state index >= 15 is 0 Å². The van der Waals surface area contributed by atoms with Crippen molar-refractivity contribution < 1.29 is 9.90 Å². The van der Waals surface area contributed by atoms with E-state index < -0.39 is 5.97 Å². The highest BCUT2D eigenvalue weighted by Gasteiger charge is 2.14. The Morgan fingerprint density at radius 3 is 2.78 bits per heavy atom. The molecule has 0 aliphatic heterocycles. The number of hydrogen-bond donors (Lipinski definition) is 1. The van der Waals surface area contributed by atoms with Crippen LogP contribution in [0.5, 0.6) is 0 Å². The first-order valence-corrected chi connectivity index (χ1v) is 5.37. The molecule has 18 heavy (non-hydrogen) atoms. The van der Waals surface area contributed by atoms with E-state index in [0.29, 0.717) is 11.2 Å². The van der Waals surface area contributed by atoms with E-state index in [1.54, 1.807) is 35.4 Å². The molecule has 0 aliphatic carbocycles. The van der Waals surface area contributed by atoms with Crippen molar-refractivity contribution in [3.8, 4) is 5.82 Å². The minimum Gasteiger partial charge on any atom is -0.478 e. The standard InChI is InChI=1S/C13H9N3O2/c17-13(18)10-8-16(12-7-14-5-6-15-12)11-4-2-1-3-9(10)11/h1-8H,(H,17,18). The van der Waals surface area contributed by atoms with Gasteiger partial charge in [0.2, 0.25) is 0 Å². The number of para-hydroxylation sites is 1. The highest BCUT2D eigenvalue weighted by atomic mass is 16.4. The van der Waals surface area contributed by atoms with Crippen molar-refractivity contribution in [2.24, 2.45) is 0 Å². The summed E-state index contributed by atoms with van der Waals surface area (Å²) >= 11 is 0. The smallest absolute Gasteiger partial charge is 0.337 e. The molecule has 0 saturated carbocycles. The van der Waals surface area contributed by atoms with Gasteiger partial charge < -0.3 is 5.11 Å². The summed E-state index contributed by atoms with van der Waals surface area (Å²) < 4.78 is 1.73. The molecule has 3 aromatic rings. The highest BCUT2D eigenvalue weighted by molar-refractivity contribution is 6.03. The predicted octanol–water partition coefficient (Wildman–Crippen LogP) is 2.12. The third-order valence-corrected chi connectivity index (χ3v) is 2.74. The van der Waals surface area contributed by atoms with Crippen molar-refractivity contribution in [1.29, 1.82) is 0 Å². The van der Waals surface area contributed by atoms with E-state index in [1.165, 1.54) is 0 Å². The monoisotopic (exact) mass is 239 g/mol. The fraction of sp³-hybridized carbons (Fsp3) is 0. The quantitative estimate of drug-likeness (QED) is 0.743. The number of aromatic carboxylic acids is 1. The summed E-state index contributed by atoms with van der Waals surface area (Å²) in [5.41, 5.74) is 1.06. The lowest BCUT2D eigenvalue weighted by Crippen LogP contribution is -1.97. The second kappa shape index (κ2) is 3.96. The molecule has 0 fully saturated rings. The summed E-state index contributed by atoms with van der Waals surface area (Å²) in [6.45, 7) is 0. The van der Waals surface area contributed by atoms with Crippen molar-refractivity contribution in [3.63, 3.8) is 0 Å². The third-order valence-electron chi connectivity index (χ3n) is 2.74. The zero-order valence-electron chi connectivity index (χ0n) is 9.32. The van der Waals surface area contributed by atoms with Gasteiger partial charge in [0, 0.05) is 24.0 Å². The van der Waals surface area contributed by atoms with Crippen LogP contribution >= 0.6 is 0 Å². The molecule has 0 atom stereocenters. The summed E-state index contributed by atoms with van der Waals surface area (Å²) in [4.78, 5) is 19.4. The summed E-state index contributed by atoms with van der Waals surface area (Å²) in [6.07, 6.45) is 6.31. The average Bonchev–Trinajstić information content (AvgIpc) is 2.79. The maximum atomic E-state index is 11.2. The van der Waals surface area contributed by atoms with Crippen LogP contribution < -0.4 is 0 Å². The first kappa shape index (κ1) is 10.5. The molecular weight excluding hydrogens is 230 g/mol.